The summed E-state index contributed by atoms with van der Waals surface area (Å²) in [5.74, 6) is -4.52. The first-order chi connectivity index (χ1) is 12.5. The Morgan fingerprint density at radius 1 is 0.926 bits per heavy atom. The molecule has 27 heavy (non-hydrogen) atoms. The zero-order valence-electron chi connectivity index (χ0n) is 13.1. The second-order valence-corrected chi connectivity index (χ2v) is 6.95. The lowest BCUT2D eigenvalue weighted by molar-refractivity contribution is -0.156. The van der Waals surface area contributed by atoms with E-state index in [0.29, 0.717) is 6.07 Å². The number of hydrogen-bond donors (Lipinski definition) is 1. The third-order valence-corrected chi connectivity index (χ3v) is 4.44. The molecule has 0 saturated heterocycles. The first kappa shape index (κ1) is 19.0. The molecule has 3 aromatic rings. The number of oxazole rings is 1. The van der Waals surface area contributed by atoms with Crippen molar-refractivity contribution in [2.24, 2.45) is 5.14 Å². The van der Waals surface area contributed by atoms with Crippen LogP contribution in [0.1, 0.15) is 5.89 Å². The van der Waals surface area contributed by atoms with Gasteiger partial charge in [0.25, 0.3) is 0 Å². The average molecular weight is 404 g/mol. The molecule has 0 amide bonds. The van der Waals surface area contributed by atoms with Crippen molar-refractivity contribution < 1.29 is 34.8 Å². The first-order valence-electron chi connectivity index (χ1n) is 7.13. The Hall–Kier alpha value is -2.79. The number of aromatic nitrogens is 1. The van der Waals surface area contributed by atoms with E-state index in [4.69, 9.17) is 9.56 Å². The van der Waals surface area contributed by atoms with Crippen LogP contribution in [0.2, 0.25) is 0 Å². The summed E-state index contributed by atoms with van der Waals surface area (Å²) >= 11 is 0. The van der Waals surface area contributed by atoms with Crippen molar-refractivity contribution in [2.45, 2.75) is 11.1 Å². The Labute approximate surface area is 149 Å². The van der Waals surface area contributed by atoms with E-state index in [2.05, 4.69) is 4.98 Å². The summed E-state index contributed by atoms with van der Waals surface area (Å²) in [5, 5.41) is 4.97. The fraction of sp³-hybridized carbons (Fsp3) is 0.0625. The second-order valence-electron chi connectivity index (χ2n) is 5.39. The van der Waals surface area contributed by atoms with Crippen molar-refractivity contribution in [1.29, 1.82) is 0 Å². The van der Waals surface area contributed by atoms with Gasteiger partial charge in [-0.15, -0.1) is 0 Å². The number of primary sulfonamides is 1. The number of sulfonamides is 1. The van der Waals surface area contributed by atoms with E-state index in [0.717, 1.165) is 24.3 Å². The van der Waals surface area contributed by atoms with Crippen molar-refractivity contribution in [3.05, 3.63) is 60.0 Å². The Balaban J connectivity index is 2.19. The lowest BCUT2D eigenvalue weighted by atomic mass is 10.1. The minimum Gasteiger partial charge on any atom is -0.432 e. The van der Waals surface area contributed by atoms with Crippen LogP contribution in [0.15, 0.2) is 51.8 Å². The molecular weight excluding hydrogens is 395 g/mol. The zero-order valence-corrected chi connectivity index (χ0v) is 13.9. The quantitative estimate of drug-likeness (QED) is 0.670. The predicted octanol–water partition coefficient (Wildman–Crippen LogP) is 3.95. The van der Waals surface area contributed by atoms with Gasteiger partial charge in [0.15, 0.2) is 17.4 Å². The third kappa shape index (κ3) is 3.83. The highest BCUT2D eigenvalue weighted by Gasteiger charge is 2.39. The lowest BCUT2D eigenvalue weighted by Gasteiger charge is -2.04. The van der Waals surface area contributed by atoms with Gasteiger partial charge in [-0.25, -0.2) is 27.3 Å². The zero-order chi connectivity index (χ0) is 20.0. The molecule has 0 unspecified atom stereocenters. The molecule has 0 spiro atoms. The second kappa shape index (κ2) is 6.43. The molecule has 0 atom stereocenters. The van der Waals surface area contributed by atoms with E-state index in [9.17, 15) is 30.4 Å². The molecule has 142 valence electrons. The van der Waals surface area contributed by atoms with Crippen LogP contribution in [0.4, 0.5) is 22.0 Å². The average Bonchev–Trinajstić information content (AvgIpc) is 3.02. The van der Waals surface area contributed by atoms with E-state index in [1.54, 1.807) is 0 Å². The molecule has 0 saturated carbocycles. The van der Waals surface area contributed by atoms with Gasteiger partial charge in [-0.05, 0) is 30.3 Å². The smallest absolute Gasteiger partial charge is 0.432 e. The van der Waals surface area contributed by atoms with Crippen molar-refractivity contribution in [1.82, 2.24) is 4.98 Å². The molecule has 0 bridgehead atoms. The normalized spacial score (nSPS) is 12.4. The number of nitrogens with zero attached hydrogens (tertiary/aromatic N) is 1. The number of nitrogens with two attached hydrogens (primary N) is 1. The van der Waals surface area contributed by atoms with Gasteiger partial charge in [-0.1, -0.05) is 12.1 Å². The SMILES string of the molecule is NS(=O)(=O)c1ccc(-c2nc(C(F)(F)F)oc2-c2ccc(F)c(F)c2)cc1. The highest BCUT2D eigenvalue weighted by Crippen LogP contribution is 2.38. The summed E-state index contributed by atoms with van der Waals surface area (Å²) in [6.07, 6.45) is -4.92. The fourth-order valence-electron chi connectivity index (χ4n) is 2.27. The minimum absolute atomic E-state index is 0.0568. The molecule has 2 aromatic carbocycles. The standard InChI is InChI=1S/C16H9F5N2O3S/c17-11-6-3-9(7-12(11)18)14-13(23-15(26-14)16(19,20)21)8-1-4-10(5-2-8)27(22,24)25/h1-7H,(H2,22,24,25). The van der Waals surface area contributed by atoms with E-state index >= 15 is 0 Å². The number of rotatable bonds is 3. The van der Waals surface area contributed by atoms with Gasteiger partial charge in [-0.2, -0.15) is 13.2 Å². The maximum atomic E-state index is 13.5. The van der Waals surface area contributed by atoms with Crippen molar-refractivity contribution >= 4 is 10.0 Å². The van der Waals surface area contributed by atoms with Gasteiger partial charge in [0.1, 0.15) is 5.69 Å². The van der Waals surface area contributed by atoms with Gasteiger partial charge < -0.3 is 4.42 Å². The topological polar surface area (TPSA) is 86.2 Å². The van der Waals surface area contributed by atoms with Crippen LogP contribution >= 0.6 is 0 Å². The van der Waals surface area contributed by atoms with E-state index in [1.165, 1.54) is 12.1 Å². The van der Waals surface area contributed by atoms with E-state index < -0.39 is 39.5 Å². The van der Waals surface area contributed by atoms with Crippen molar-refractivity contribution in [3.63, 3.8) is 0 Å². The van der Waals surface area contributed by atoms with Crippen LogP contribution in [-0.4, -0.2) is 13.4 Å². The van der Waals surface area contributed by atoms with Gasteiger partial charge >= 0.3 is 12.1 Å². The summed E-state index contributed by atoms with van der Waals surface area (Å²) in [6.45, 7) is 0. The van der Waals surface area contributed by atoms with Gasteiger partial charge in [0, 0.05) is 11.1 Å². The summed E-state index contributed by atoms with van der Waals surface area (Å²) in [7, 11) is -4.01. The Morgan fingerprint density at radius 2 is 1.52 bits per heavy atom. The Morgan fingerprint density at radius 3 is 2.04 bits per heavy atom. The third-order valence-electron chi connectivity index (χ3n) is 3.51. The molecule has 2 N–H and O–H groups in total. The molecule has 0 aliphatic rings. The highest BCUT2D eigenvalue weighted by atomic mass is 32.2. The Kier molecular flexibility index (Phi) is 4.52. The van der Waals surface area contributed by atoms with Gasteiger partial charge in [0.05, 0.1) is 4.90 Å². The van der Waals surface area contributed by atoms with Crippen LogP contribution in [0.25, 0.3) is 22.6 Å². The number of benzene rings is 2. The number of halogens is 5. The highest BCUT2D eigenvalue weighted by molar-refractivity contribution is 7.89. The van der Waals surface area contributed by atoms with Crippen molar-refractivity contribution in [2.75, 3.05) is 0 Å². The molecule has 1 heterocycles. The molecule has 0 aliphatic heterocycles. The molecule has 5 nitrogen and oxygen atoms in total. The molecule has 0 aliphatic carbocycles. The van der Waals surface area contributed by atoms with Crippen LogP contribution < -0.4 is 5.14 Å². The fourth-order valence-corrected chi connectivity index (χ4v) is 2.79. The summed E-state index contributed by atoms with van der Waals surface area (Å²) in [5.41, 5.74) is -0.446. The van der Waals surface area contributed by atoms with Crippen LogP contribution in [-0.2, 0) is 16.2 Å². The summed E-state index contributed by atoms with van der Waals surface area (Å²) < 4.78 is 92.9. The summed E-state index contributed by atoms with van der Waals surface area (Å²) in [4.78, 5) is 3.12. The first-order valence-corrected chi connectivity index (χ1v) is 8.68. The van der Waals surface area contributed by atoms with Crippen LogP contribution in [0.3, 0.4) is 0 Å². The largest absolute Gasteiger partial charge is 0.468 e. The van der Waals surface area contributed by atoms with Crippen molar-refractivity contribution in [3.8, 4) is 22.6 Å². The predicted molar refractivity (Wildman–Crippen MR) is 83.7 cm³/mol. The van der Waals surface area contributed by atoms with Gasteiger partial charge in [0.2, 0.25) is 10.0 Å². The maximum absolute atomic E-state index is 13.5. The number of alkyl halides is 3. The minimum atomic E-state index is -4.92. The molecule has 1 aromatic heterocycles. The Bertz CT molecular complexity index is 1110. The number of hydrogen-bond acceptors (Lipinski definition) is 4. The molecular formula is C16H9F5N2O3S. The molecule has 0 radical (unpaired) electrons. The molecule has 11 heteroatoms. The van der Waals surface area contributed by atoms with Crippen LogP contribution in [0, 0.1) is 11.6 Å². The maximum Gasteiger partial charge on any atom is 0.468 e. The monoisotopic (exact) mass is 404 g/mol. The van der Waals surface area contributed by atoms with Crippen LogP contribution in [0.5, 0.6) is 0 Å². The summed E-state index contributed by atoms with van der Waals surface area (Å²) in [6, 6.07) is 6.90. The molecule has 3 rings (SSSR count). The lowest BCUT2D eigenvalue weighted by Crippen LogP contribution is -2.11. The van der Waals surface area contributed by atoms with Gasteiger partial charge in [-0.3, -0.25) is 0 Å². The van der Waals surface area contributed by atoms with E-state index in [-0.39, 0.29) is 21.7 Å². The molecule has 0 fully saturated rings. The van der Waals surface area contributed by atoms with E-state index in [1.807, 2.05) is 0 Å².